The summed E-state index contributed by atoms with van der Waals surface area (Å²) >= 11 is 1.41. The minimum absolute atomic E-state index is 0.0812. The molecule has 0 aromatic carbocycles. The van der Waals surface area contributed by atoms with Gasteiger partial charge in [-0.25, -0.2) is 4.98 Å². The van der Waals surface area contributed by atoms with E-state index in [1.54, 1.807) is 0 Å². The van der Waals surface area contributed by atoms with Crippen LogP contribution in [-0.4, -0.2) is 101 Å². The van der Waals surface area contributed by atoms with E-state index in [2.05, 4.69) is 54.4 Å². The quantitative estimate of drug-likeness (QED) is 0.641. The first kappa shape index (κ1) is 22.9. The number of nitrogens with one attached hydrogen (secondary N) is 1. The Morgan fingerprint density at radius 1 is 1.22 bits per heavy atom. The third-order valence-corrected chi connectivity index (χ3v) is 7.19. The Morgan fingerprint density at radius 3 is 2.59 bits per heavy atom. The molecule has 2 aromatic rings. The van der Waals surface area contributed by atoms with Gasteiger partial charge in [-0.3, -0.25) is 9.80 Å². The maximum Gasteiger partial charge on any atom is 0.229 e. The fraction of sp³-hybridized carbons (Fsp3) is 0.636. The van der Waals surface area contributed by atoms with Crippen molar-refractivity contribution in [2.75, 3.05) is 76.7 Å². The molecule has 1 N–H and O–H groups in total. The van der Waals surface area contributed by atoms with E-state index in [0.717, 1.165) is 74.4 Å². The van der Waals surface area contributed by atoms with Gasteiger partial charge in [-0.05, 0) is 45.5 Å². The first-order valence-electron chi connectivity index (χ1n) is 11.2. The lowest BCUT2D eigenvalue weighted by Crippen LogP contribution is -2.73. The zero-order chi connectivity index (χ0) is 22.7. The molecule has 32 heavy (non-hydrogen) atoms. The maximum absolute atomic E-state index is 9.56. The van der Waals surface area contributed by atoms with Crippen molar-refractivity contribution < 1.29 is 0 Å². The summed E-state index contributed by atoms with van der Waals surface area (Å²) in [7, 11) is 4.24. The van der Waals surface area contributed by atoms with Crippen LogP contribution < -0.4 is 10.2 Å². The lowest BCUT2D eigenvalue weighted by Gasteiger charge is -2.57. The highest BCUT2D eigenvalue weighted by molar-refractivity contribution is 7.10. The second-order valence-electron chi connectivity index (χ2n) is 9.21. The summed E-state index contributed by atoms with van der Waals surface area (Å²) in [5.41, 5.74) is 1.95. The lowest BCUT2D eigenvalue weighted by atomic mass is 9.83. The van der Waals surface area contributed by atoms with Gasteiger partial charge >= 0.3 is 0 Å². The van der Waals surface area contributed by atoms with Crippen LogP contribution in [0.2, 0.25) is 0 Å². The Kier molecular flexibility index (Phi) is 6.90. The fourth-order valence-electron chi connectivity index (χ4n) is 4.52. The Labute approximate surface area is 194 Å². The van der Waals surface area contributed by atoms with Gasteiger partial charge in [-0.15, -0.1) is 0 Å². The minimum Gasteiger partial charge on any atom is -0.352 e. The Bertz CT molecular complexity index is 953. The predicted octanol–water partition coefficient (Wildman–Crippen LogP) is 1.95. The molecule has 2 aromatic heterocycles. The zero-order valence-electron chi connectivity index (χ0n) is 19.5. The van der Waals surface area contributed by atoms with Gasteiger partial charge in [0.15, 0.2) is 0 Å². The van der Waals surface area contributed by atoms with E-state index in [4.69, 9.17) is 4.98 Å². The van der Waals surface area contributed by atoms with E-state index in [1.807, 2.05) is 26.1 Å². The van der Waals surface area contributed by atoms with Crippen LogP contribution in [0.3, 0.4) is 0 Å². The van der Waals surface area contributed by atoms with E-state index >= 15 is 0 Å². The van der Waals surface area contributed by atoms with Gasteiger partial charge in [0.2, 0.25) is 5.95 Å². The SMILES string of the molecule is Cc1cc(Nc2ncc(C)c(N3CC(CC#N)(N4CCN(CCN(C)C)CC4)C3)n2)sn1. The van der Waals surface area contributed by atoms with Gasteiger partial charge in [0, 0.05) is 64.1 Å². The van der Waals surface area contributed by atoms with Crippen molar-refractivity contribution in [1.29, 1.82) is 5.26 Å². The van der Waals surface area contributed by atoms with Crippen LogP contribution >= 0.6 is 11.5 Å². The number of piperazine rings is 1. The molecule has 9 nitrogen and oxygen atoms in total. The standard InChI is InChI=1S/C22H33N9S/c1-17-14-24-21(25-19-13-18(2)27-32-19)26-20(17)30-15-22(16-30,5-6-23)31-11-9-29(10-12-31)8-7-28(3)4/h13-14H,5,7-12,15-16H2,1-4H3,(H,24,25,26). The lowest BCUT2D eigenvalue weighted by molar-refractivity contribution is 0.0139. The van der Waals surface area contributed by atoms with Crippen LogP contribution in [0, 0.1) is 25.2 Å². The number of aryl methyl sites for hydroxylation is 2. The summed E-state index contributed by atoms with van der Waals surface area (Å²) in [4.78, 5) is 18.8. The molecular weight excluding hydrogens is 422 g/mol. The van der Waals surface area contributed by atoms with Crippen LogP contribution in [0.5, 0.6) is 0 Å². The summed E-state index contributed by atoms with van der Waals surface area (Å²) in [5, 5.41) is 13.8. The highest BCUT2D eigenvalue weighted by Crippen LogP contribution is 2.36. The molecule has 0 saturated carbocycles. The van der Waals surface area contributed by atoms with Crippen molar-refractivity contribution in [3.8, 4) is 6.07 Å². The highest BCUT2D eigenvalue weighted by atomic mass is 32.1. The number of hydrogen-bond acceptors (Lipinski definition) is 10. The molecule has 0 spiro atoms. The van der Waals surface area contributed by atoms with Crippen molar-refractivity contribution in [2.45, 2.75) is 25.8 Å². The van der Waals surface area contributed by atoms with Crippen LogP contribution in [-0.2, 0) is 0 Å². The molecule has 4 heterocycles. The fourth-order valence-corrected chi connectivity index (χ4v) is 5.17. The van der Waals surface area contributed by atoms with Crippen LogP contribution in [0.15, 0.2) is 12.3 Å². The zero-order valence-corrected chi connectivity index (χ0v) is 20.3. The number of likely N-dealkylation sites (N-methyl/N-ethyl adjacent to an activating group) is 1. The Morgan fingerprint density at radius 2 is 1.97 bits per heavy atom. The number of nitrogens with zero attached hydrogens (tertiary/aromatic N) is 8. The van der Waals surface area contributed by atoms with Crippen molar-refractivity contribution >= 4 is 28.3 Å². The second-order valence-corrected chi connectivity index (χ2v) is 10.0. The minimum atomic E-state index is -0.0812. The van der Waals surface area contributed by atoms with Gasteiger partial charge in [0.25, 0.3) is 0 Å². The Balaban J connectivity index is 1.40. The number of rotatable bonds is 8. The van der Waals surface area contributed by atoms with Gasteiger partial charge in [0.05, 0.1) is 23.7 Å². The number of anilines is 3. The molecule has 172 valence electrons. The van der Waals surface area contributed by atoms with Crippen molar-refractivity contribution in [3.05, 3.63) is 23.5 Å². The average Bonchev–Trinajstić information content (AvgIpc) is 3.15. The van der Waals surface area contributed by atoms with Crippen LogP contribution in [0.25, 0.3) is 0 Å². The molecule has 2 fully saturated rings. The van der Waals surface area contributed by atoms with Crippen molar-refractivity contribution in [2.24, 2.45) is 0 Å². The molecule has 0 unspecified atom stereocenters. The van der Waals surface area contributed by atoms with Crippen molar-refractivity contribution in [1.82, 2.24) is 29.0 Å². The van der Waals surface area contributed by atoms with Crippen LogP contribution in [0.4, 0.5) is 16.8 Å². The van der Waals surface area contributed by atoms with E-state index in [-0.39, 0.29) is 5.54 Å². The van der Waals surface area contributed by atoms with Crippen LogP contribution in [0.1, 0.15) is 17.7 Å². The van der Waals surface area contributed by atoms with Gasteiger partial charge in [-0.1, -0.05) is 0 Å². The van der Waals surface area contributed by atoms with Crippen molar-refractivity contribution in [3.63, 3.8) is 0 Å². The molecule has 0 amide bonds. The molecule has 2 aliphatic heterocycles. The summed E-state index contributed by atoms with van der Waals surface area (Å²) < 4.78 is 4.30. The topological polar surface area (TPSA) is 87.5 Å². The number of aromatic nitrogens is 3. The Hall–Kier alpha value is -2.32. The van der Waals surface area contributed by atoms with Gasteiger partial charge < -0.3 is 15.1 Å². The third-order valence-electron chi connectivity index (χ3n) is 6.39. The summed E-state index contributed by atoms with van der Waals surface area (Å²) in [6, 6.07) is 4.45. The van der Waals surface area contributed by atoms with Gasteiger partial charge in [-0.2, -0.15) is 14.6 Å². The molecular formula is C22H33N9S. The molecule has 2 saturated heterocycles. The molecule has 2 aliphatic rings. The maximum atomic E-state index is 9.56. The van der Waals surface area contributed by atoms with E-state index in [0.29, 0.717) is 12.4 Å². The normalized spacial score (nSPS) is 19.1. The summed E-state index contributed by atoms with van der Waals surface area (Å²) in [5.74, 6) is 1.53. The van der Waals surface area contributed by atoms with E-state index < -0.39 is 0 Å². The second kappa shape index (κ2) is 9.67. The van der Waals surface area contributed by atoms with E-state index in [1.165, 1.54) is 11.5 Å². The average molecular weight is 456 g/mol. The van der Waals surface area contributed by atoms with Gasteiger partial charge in [0.1, 0.15) is 10.8 Å². The first-order chi connectivity index (χ1) is 15.4. The summed E-state index contributed by atoms with van der Waals surface area (Å²) in [6.07, 6.45) is 2.42. The number of hydrogen-bond donors (Lipinski definition) is 1. The molecule has 10 heteroatoms. The van der Waals surface area contributed by atoms with E-state index in [9.17, 15) is 5.26 Å². The molecule has 0 aliphatic carbocycles. The first-order valence-corrected chi connectivity index (χ1v) is 11.9. The molecule has 0 radical (unpaired) electrons. The highest BCUT2D eigenvalue weighted by Gasteiger charge is 2.49. The summed E-state index contributed by atoms with van der Waals surface area (Å²) in [6.45, 7) is 12.0. The molecule has 0 bridgehead atoms. The molecule has 0 atom stereocenters. The predicted molar refractivity (Wildman–Crippen MR) is 129 cm³/mol. The third kappa shape index (κ3) is 5.02. The smallest absolute Gasteiger partial charge is 0.229 e. The molecule has 4 rings (SSSR count). The number of nitriles is 1. The largest absolute Gasteiger partial charge is 0.352 e. The monoisotopic (exact) mass is 455 g/mol.